The summed E-state index contributed by atoms with van der Waals surface area (Å²) in [4.78, 5) is 9.60. The van der Waals surface area contributed by atoms with Gasteiger partial charge in [-0.25, -0.2) is 4.79 Å². The van der Waals surface area contributed by atoms with Crippen LogP contribution in [0.15, 0.2) is 12.2 Å². The molecule has 0 aromatic carbocycles. The van der Waals surface area contributed by atoms with Gasteiger partial charge in [-0.2, -0.15) is 0 Å². The molecule has 0 heterocycles. The Morgan fingerprint density at radius 1 is 0.441 bits per heavy atom. The molecular weight excluding hydrogens is 448 g/mol. The zero-order valence-corrected chi connectivity index (χ0v) is 21.3. The van der Waals surface area contributed by atoms with Crippen molar-refractivity contribution in [2.24, 2.45) is 0 Å². The highest BCUT2D eigenvalue weighted by atomic mass is 16.4. The Kier molecular flexibility index (Phi) is 62.1. The van der Waals surface area contributed by atoms with Crippen LogP contribution in [0.3, 0.4) is 0 Å². The third kappa shape index (κ3) is 77.3. The van der Waals surface area contributed by atoms with Crippen molar-refractivity contribution in [2.75, 3.05) is 52.9 Å². The first-order valence-electron chi connectivity index (χ1n) is 12.1. The number of rotatable bonds is 17. The van der Waals surface area contributed by atoms with E-state index in [1.165, 1.54) is 6.92 Å². The molecule has 0 amide bonds. The van der Waals surface area contributed by atoms with Gasteiger partial charge in [-0.15, -0.1) is 0 Å². The van der Waals surface area contributed by atoms with Gasteiger partial charge in [0.25, 0.3) is 0 Å². The highest BCUT2D eigenvalue weighted by molar-refractivity contribution is 5.84. The fourth-order valence-corrected chi connectivity index (χ4v) is 1.60. The second kappa shape index (κ2) is 49.1. The van der Waals surface area contributed by atoms with Crippen molar-refractivity contribution in [3.63, 3.8) is 0 Å². The molecule has 0 rings (SSSR count). The third-order valence-electron chi connectivity index (χ3n) is 3.63. The van der Waals surface area contributed by atoms with Crippen LogP contribution in [-0.4, -0.2) is 105 Å². The minimum atomic E-state index is -0.935. The number of aliphatic hydroxyl groups excluding tert-OH is 8. The van der Waals surface area contributed by atoms with Gasteiger partial charge < -0.3 is 46.0 Å². The summed E-state index contributed by atoms with van der Waals surface area (Å²) < 4.78 is 0. The number of carbonyl (C=O) groups is 1. The standard InChI is InChI=1S/4C5H12O2.C4H6O2/c4*6-4-2-1-3-5-7;1-3(2)4(5)6/h4*6-7H,1-5H2;1H2,2H3,(H,5,6). The first-order valence-corrected chi connectivity index (χ1v) is 12.1. The summed E-state index contributed by atoms with van der Waals surface area (Å²) in [6.45, 7) is 6.60. The van der Waals surface area contributed by atoms with Gasteiger partial charge in [-0.05, 0) is 84.0 Å². The Labute approximate surface area is 206 Å². The molecule has 0 saturated heterocycles. The molecule has 34 heavy (non-hydrogen) atoms. The van der Waals surface area contributed by atoms with Crippen LogP contribution in [0.4, 0.5) is 0 Å². The molecule has 9 N–H and O–H groups in total. The number of aliphatic carboxylic acids is 1. The quantitative estimate of drug-likeness (QED) is 0.103. The Balaban J connectivity index is -0.000000103. The van der Waals surface area contributed by atoms with E-state index in [4.69, 9.17) is 46.0 Å². The van der Waals surface area contributed by atoms with Crippen LogP contribution < -0.4 is 0 Å². The van der Waals surface area contributed by atoms with Crippen LogP contribution in [0.25, 0.3) is 0 Å². The zero-order chi connectivity index (χ0) is 27.3. The van der Waals surface area contributed by atoms with Crippen molar-refractivity contribution in [2.45, 2.75) is 84.0 Å². The van der Waals surface area contributed by atoms with Crippen LogP contribution >= 0.6 is 0 Å². The summed E-state index contributed by atoms with van der Waals surface area (Å²) in [6.07, 6.45) is 10.3. The molecule has 0 aliphatic heterocycles. The molecule has 0 unspecified atom stereocenters. The van der Waals surface area contributed by atoms with E-state index in [0.717, 1.165) is 77.0 Å². The second-order valence-electron chi connectivity index (χ2n) is 7.12. The summed E-state index contributed by atoms with van der Waals surface area (Å²) in [5, 5.41) is 73.6. The molecule has 10 nitrogen and oxygen atoms in total. The zero-order valence-electron chi connectivity index (χ0n) is 21.3. The predicted octanol–water partition coefficient (Wildman–Crippen LogP) is 1.21. The van der Waals surface area contributed by atoms with Gasteiger partial charge in [0.05, 0.1) is 0 Å². The van der Waals surface area contributed by atoms with Crippen molar-refractivity contribution in [3.05, 3.63) is 12.2 Å². The van der Waals surface area contributed by atoms with Gasteiger partial charge in [0, 0.05) is 58.4 Å². The predicted molar refractivity (Wildman–Crippen MR) is 135 cm³/mol. The molecule has 0 aromatic heterocycles. The van der Waals surface area contributed by atoms with Crippen LogP contribution in [0, 0.1) is 0 Å². The van der Waals surface area contributed by atoms with Gasteiger partial charge in [0.1, 0.15) is 0 Å². The van der Waals surface area contributed by atoms with Gasteiger partial charge in [0.15, 0.2) is 0 Å². The molecule has 0 aliphatic carbocycles. The molecule has 0 aromatic rings. The van der Waals surface area contributed by atoms with E-state index in [9.17, 15) is 4.79 Å². The van der Waals surface area contributed by atoms with Crippen molar-refractivity contribution < 1.29 is 50.8 Å². The molecular formula is C24H54O10. The Hall–Kier alpha value is -1.11. The van der Waals surface area contributed by atoms with Crippen molar-refractivity contribution in [1.29, 1.82) is 0 Å². The second-order valence-corrected chi connectivity index (χ2v) is 7.12. The van der Waals surface area contributed by atoms with E-state index in [0.29, 0.717) is 0 Å². The minimum Gasteiger partial charge on any atom is -0.478 e. The lowest BCUT2D eigenvalue weighted by Crippen LogP contribution is -1.92. The summed E-state index contributed by atoms with van der Waals surface area (Å²) in [7, 11) is 0. The van der Waals surface area contributed by atoms with E-state index in [-0.39, 0.29) is 58.4 Å². The lowest BCUT2D eigenvalue weighted by atomic mass is 10.2. The largest absolute Gasteiger partial charge is 0.478 e. The maximum absolute atomic E-state index is 9.60. The molecule has 0 bridgehead atoms. The molecule has 0 radical (unpaired) electrons. The maximum atomic E-state index is 9.60. The summed E-state index contributed by atoms with van der Waals surface area (Å²) in [6, 6.07) is 0. The average Bonchev–Trinajstić information content (AvgIpc) is 2.82. The summed E-state index contributed by atoms with van der Waals surface area (Å²) >= 11 is 0. The number of hydrogen-bond acceptors (Lipinski definition) is 9. The molecule has 10 heteroatoms. The normalized spacial score (nSPS) is 9.09. The lowest BCUT2D eigenvalue weighted by Gasteiger charge is -1.90. The summed E-state index contributed by atoms with van der Waals surface area (Å²) in [5.74, 6) is -0.935. The van der Waals surface area contributed by atoms with Gasteiger partial charge >= 0.3 is 5.97 Å². The van der Waals surface area contributed by atoms with E-state index >= 15 is 0 Å². The SMILES string of the molecule is C=C(C)C(=O)O.OCCCCCO.OCCCCCO.OCCCCCO.OCCCCCO. The minimum absolute atomic E-state index is 0.176. The summed E-state index contributed by atoms with van der Waals surface area (Å²) in [5.41, 5.74) is 0.176. The van der Waals surface area contributed by atoms with E-state index < -0.39 is 5.97 Å². The van der Waals surface area contributed by atoms with Crippen LogP contribution in [0.2, 0.25) is 0 Å². The van der Waals surface area contributed by atoms with Gasteiger partial charge in [-0.3, -0.25) is 0 Å². The van der Waals surface area contributed by atoms with Crippen molar-refractivity contribution >= 4 is 5.97 Å². The molecule has 0 spiro atoms. The van der Waals surface area contributed by atoms with Crippen LogP contribution in [-0.2, 0) is 4.79 Å². The first-order chi connectivity index (χ1) is 16.3. The van der Waals surface area contributed by atoms with Crippen molar-refractivity contribution in [1.82, 2.24) is 0 Å². The Bertz CT molecular complexity index is 274. The van der Waals surface area contributed by atoms with E-state index in [1.807, 2.05) is 0 Å². The van der Waals surface area contributed by atoms with E-state index in [2.05, 4.69) is 6.58 Å². The molecule has 0 saturated carbocycles. The van der Waals surface area contributed by atoms with Gasteiger partial charge in [-0.1, -0.05) is 6.58 Å². The highest BCUT2D eigenvalue weighted by Crippen LogP contribution is 1.92. The Morgan fingerprint density at radius 3 is 0.618 bits per heavy atom. The number of unbranched alkanes of at least 4 members (excludes halogenated alkanes) is 8. The monoisotopic (exact) mass is 502 g/mol. The lowest BCUT2D eigenvalue weighted by molar-refractivity contribution is -0.132. The fourth-order valence-electron chi connectivity index (χ4n) is 1.60. The topological polar surface area (TPSA) is 199 Å². The van der Waals surface area contributed by atoms with Crippen LogP contribution in [0.1, 0.15) is 84.0 Å². The fraction of sp³-hybridized carbons (Fsp3) is 0.875. The van der Waals surface area contributed by atoms with Crippen LogP contribution in [0.5, 0.6) is 0 Å². The third-order valence-corrected chi connectivity index (χ3v) is 3.63. The molecule has 0 atom stereocenters. The maximum Gasteiger partial charge on any atom is 0.330 e. The smallest absolute Gasteiger partial charge is 0.330 e. The molecule has 0 aliphatic rings. The number of hydrogen-bond donors (Lipinski definition) is 9. The van der Waals surface area contributed by atoms with Crippen molar-refractivity contribution in [3.8, 4) is 0 Å². The number of aliphatic hydroxyl groups is 8. The molecule has 0 fully saturated rings. The highest BCUT2D eigenvalue weighted by Gasteiger charge is 1.90. The van der Waals surface area contributed by atoms with E-state index in [1.54, 1.807) is 0 Å². The number of carboxylic acid groups (broad SMARTS) is 1. The Morgan fingerprint density at radius 2 is 0.559 bits per heavy atom. The number of carboxylic acids is 1. The van der Waals surface area contributed by atoms with Gasteiger partial charge in [0.2, 0.25) is 0 Å². The first kappa shape index (κ1) is 43.0. The molecule has 210 valence electrons. The average molecular weight is 503 g/mol.